The van der Waals surface area contributed by atoms with Gasteiger partial charge in [-0.2, -0.15) is 0 Å². The molecule has 3 heterocycles. The Kier molecular flexibility index (Phi) is 8.27. The average Bonchev–Trinajstić information content (AvgIpc) is 4.14. The zero-order chi connectivity index (χ0) is 49.2. The van der Waals surface area contributed by atoms with Gasteiger partial charge in [-0.05, 0) is 132 Å². The summed E-state index contributed by atoms with van der Waals surface area (Å²) in [5.74, 6) is 0. The molecule has 0 amide bonds. The Morgan fingerprint density at radius 3 is 1.35 bits per heavy atom. The quantitative estimate of drug-likeness (QED) is 0.165. The topological polar surface area (TPSA) is 52.1 Å². The lowest BCUT2D eigenvalue weighted by molar-refractivity contribution is 0.658. The van der Waals surface area contributed by atoms with Crippen LogP contribution in [-0.2, 0) is 10.8 Å². The first kappa shape index (κ1) is 41.5. The summed E-state index contributed by atoms with van der Waals surface area (Å²) in [5.41, 5.74) is 23.9. The van der Waals surface area contributed by atoms with Crippen molar-refractivity contribution in [1.29, 1.82) is 0 Å². The molecule has 11 aromatic carbocycles. The fourth-order valence-corrected chi connectivity index (χ4v) is 13.1. The lowest BCUT2D eigenvalue weighted by Crippen LogP contribution is -2.14. The van der Waals surface area contributed by atoms with Crippen LogP contribution in [0.5, 0.6) is 0 Å². The SMILES string of the molecule is CC1(C)c2ccccc2-c2ccc(-c3ccc4oc5c(-c6cccc(-c7cnc8c9ccccc9c9ccccc9c8n7)c6)c6oc7ccc(-c8ccc9c(c8)C(C)(C)c8ccccc8-9)cc7c6cc5c4c3)cc21. The molecule has 0 radical (unpaired) electrons. The van der Waals surface area contributed by atoms with Crippen molar-refractivity contribution in [3.63, 3.8) is 0 Å². The first-order valence-corrected chi connectivity index (χ1v) is 25.7. The second-order valence-corrected chi connectivity index (χ2v) is 21.6. The lowest BCUT2D eigenvalue weighted by Gasteiger charge is -2.22. The van der Waals surface area contributed by atoms with E-state index in [1.807, 2.05) is 6.20 Å². The van der Waals surface area contributed by atoms with Crippen molar-refractivity contribution in [3.05, 3.63) is 229 Å². The number of furan rings is 2. The van der Waals surface area contributed by atoms with Crippen LogP contribution in [0.1, 0.15) is 49.9 Å². The van der Waals surface area contributed by atoms with Crippen molar-refractivity contribution in [2.45, 2.75) is 38.5 Å². The minimum atomic E-state index is -0.105. The van der Waals surface area contributed by atoms with Gasteiger partial charge in [0.2, 0.25) is 0 Å². The number of benzene rings is 11. The van der Waals surface area contributed by atoms with Gasteiger partial charge in [0.05, 0.1) is 28.5 Å². The van der Waals surface area contributed by atoms with Gasteiger partial charge in [0, 0.05) is 48.7 Å². The number of fused-ring (bicyclic) bond motifs is 18. The Balaban J connectivity index is 0.901. The van der Waals surface area contributed by atoms with Crippen LogP contribution >= 0.6 is 0 Å². The summed E-state index contributed by atoms with van der Waals surface area (Å²) in [5, 5.41) is 8.73. The molecular formula is C70H46N2O2. The first-order valence-electron chi connectivity index (χ1n) is 25.7. The minimum Gasteiger partial charge on any atom is -0.455 e. The maximum absolute atomic E-state index is 7.07. The van der Waals surface area contributed by atoms with Gasteiger partial charge in [-0.1, -0.05) is 179 Å². The van der Waals surface area contributed by atoms with E-state index >= 15 is 0 Å². The third kappa shape index (κ3) is 5.68. The molecule has 16 rings (SSSR count). The summed E-state index contributed by atoms with van der Waals surface area (Å²) in [6.07, 6.45) is 1.92. The van der Waals surface area contributed by atoms with E-state index in [-0.39, 0.29) is 10.8 Å². The van der Waals surface area contributed by atoms with E-state index in [4.69, 9.17) is 18.8 Å². The summed E-state index contributed by atoms with van der Waals surface area (Å²) < 4.78 is 14.1. The van der Waals surface area contributed by atoms with Crippen LogP contribution in [-0.4, -0.2) is 9.97 Å². The molecule has 4 heteroatoms. The number of hydrogen-bond donors (Lipinski definition) is 0. The van der Waals surface area contributed by atoms with Gasteiger partial charge >= 0.3 is 0 Å². The normalized spacial score (nSPS) is 14.2. The molecule has 0 aliphatic heterocycles. The molecule has 2 aliphatic carbocycles. The van der Waals surface area contributed by atoms with E-state index in [0.29, 0.717) is 0 Å². The molecule has 0 N–H and O–H groups in total. The summed E-state index contributed by atoms with van der Waals surface area (Å²) in [6, 6.07) is 72.9. The Hall–Kier alpha value is -9.12. The van der Waals surface area contributed by atoms with Crippen LogP contribution in [0.2, 0.25) is 0 Å². The van der Waals surface area contributed by atoms with Crippen molar-refractivity contribution < 1.29 is 8.83 Å². The van der Waals surface area contributed by atoms with E-state index in [9.17, 15) is 0 Å². The van der Waals surface area contributed by atoms with Crippen molar-refractivity contribution >= 4 is 76.5 Å². The number of hydrogen-bond acceptors (Lipinski definition) is 4. The Bertz CT molecular complexity index is 4560. The molecule has 74 heavy (non-hydrogen) atoms. The maximum Gasteiger partial charge on any atom is 0.147 e. The fourth-order valence-electron chi connectivity index (χ4n) is 13.1. The standard InChI is InChI=1S/C70H46N2O2/c1-69(2)57-22-11-9-18-47(57)49-28-24-41(35-59(49)69)39-26-30-62-53(33-39)55-37-56-54-34-40(42-25-29-50-48-19-10-12-23-58(48)70(3,4)60(50)36-42)27-31-63(54)74-68(56)64(67(55)73-62)44-15-13-14-43(32-44)61-38-71-65-51-20-7-5-16-45(51)46-17-6-8-21-52(46)66(65)72-61/h5-38H,1-4H3. The molecule has 348 valence electrons. The number of aromatic nitrogens is 2. The monoisotopic (exact) mass is 946 g/mol. The highest BCUT2D eigenvalue weighted by Crippen LogP contribution is 2.52. The van der Waals surface area contributed by atoms with Crippen LogP contribution < -0.4 is 0 Å². The molecule has 0 fully saturated rings. The minimum absolute atomic E-state index is 0.105. The van der Waals surface area contributed by atoms with Crippen LogP contribution in [0.15, 0.2) is 215 Å². The Labute approximate surface area is 427 Å². The third-order valence-electron chi connectivity index (χ3n) is 16.9. The number of nitrogens with zero attached hydrogens (tertiary/aromatic N) is 2. The fraction of sp³-hybridized carbons (Fsp3) is 0.0857. The van der Waals surface area contributed by atoms with Crippen LogP contribution in [0.4, 0.5) is 0 Å². The molecule has 0 bridgehead atoms. The zero-order valence-corrected chi connectivity index (χ0v) is 41.3. The van der Waals surface area contributed by atoms with E-state index in [1.54, 1.807) is 0 Å². The molecule has 0 saturated carbocycles. The Morgan fingerprint density at radius 1 is 0.324 bits per heavy atom. The second kappa shape index (κ2) is 14.7. The van der Waals surface area contributed by atoms with Gasteiger partial charge in [-0.3, -0.25) is 4.98 Å². The summed E-state index contributed by atoms with van der Waals surface area (Å²) in [4.78, 5) is 10.5. The molecule has 0 atom stereocenters. The highest BCUT2D eigenvalue weighted by atomic mass is 16.3. The third-order valence-corrected chi connectivity index (χ3v) is 16.9. The first-order chi connectivity index (χ1) is 36.2. The summed E-state index contributed by atoms with van der Waals surface area (Å²) in [7, 11) is 0. The van der Waals surface area contributed by atoms with Gasteiger partial charge in [-0.15, -0.1) is 0 Å². The summed E-state index contributed by atoms with van der Waals surface area (Å²) in [6.45, 7) is 9.38. The molecule has 14 aromatic rings. The number of rotatable bonds is 4. The molecule has 0 unspecified atom stereocenters. The van der Waals surface area contributed by atoms with E-state index in [2.05, 4.69) is 228 Å². The second-order valence-electron chi connectivity index (χ2n) is 21.6. The van der Waals surface area contributed by atoms with Crippen molar-refractivity contribution in [2.24, 2.45) is 0 Å². The van der Waals surface area contributed by atoms with Crippen LogP contribution in [0, 0.1) is 0 Å². The van der Waals surface area contributed by atoms with Crippen molar-refractivity contribution in [2.75, 3.05) is 0 Å². The van der Waals surface area contributed by atoms with E-state index < -0.39 is 0 Å². The van der Waals surface area contributed by atoms with Crippen LogP contribution in [0.3, 0.4) is 0 Å². The van der Waals surface area contributed by atoms with Gasteiger partial charge in [0.25, 0.3) is 0 Å². The van der Waals surface area contributed by atoms with Gasteiger partial charge in [-0.25, -0.2) is 4.98 Å². The van der Waals surface area contributed by atoms with Gasteiger partial charge in [0.1, 0.15) is 22.3 Å². The van der Waals surface area contributed by atoms with Crippen molar-refractivity contribution in [3.8, 4) is 66.9 Å². The predicted octanol–water partition coefficient (Wildman–Crippen LogP) is 19.0. The van der Waals surface area contributed by atoms with E-state index in [0.717, 1.165) is 99.2 Å². The largest absolute Gasteiger partial charge is 0.455 e. The average molecular weight is 947 g/mol. The molecule has 2 aliphatic rings. The van der Waals surface area contributed by atoms with Crippen molar-refractivity contribution in [1.82, 2.24) is 9.97 Å². The molecule has 3 aromatic heterocycles. The maximum atomic E-state index is 7.07. The lowest BCUT2D eigenvalue weighted by atomic mass is 9.81. The van der Waals surface area contributed by atoms with Crippen LogP contribution in [0.25, 0.3) is 143 Å². The molecule has 4 nitrogen and oxygen atoms in total. The molecular weight excluding hydrogens is 901 g/mol. The van der Waals surface area contributed by atoms with Gasteiger partial charge < -0.3 is 8.83 Å². The smallest absolute Gasteiger partial charge is 0.147 e. The highest BCUT2D eigenvalue weighted by molar-refractivity contribution is 6.24. The molecule has 0 saturated heterocycles. The zero-order valence-electron chi connectivity index (χ0n) is 41.3. The predicted molar refractivity (Wildman–Crippen MR) is 306 cm³/mol. The molecule has 0 spiro atoms. The highest BCUT2D eigenvalue weighted by Gasteiger charge is 2.37. The van der Waals surface area contributed by atoms with Gasteiger partial charge in [0.15, 0.2) is 0 Å². The Morgan fingerprint density at radius 2 is 0.784 bits per heavy atom. The summed E-state index contributed by atoms with van der Waals surface area (Å²) >= 11 is 0. The van der Waals surface area contributed by atoms with E-state index in [1.165, 1.54) is 66.4 Å².